The smallest absolute Gasteiger partial charge is 0.240 e. The van der Waals surface area contributed by atoms with Crippen molar-refractivity contribution in [2.75, 3.05) is 10.6 Å². The fourth-order valence-electron chi connectivity index (χ4n) is 2.14. The molecule has 0 radical (unpaired) electrons. The van der Waals surface area contributed by atoms with E-state index in [1.165, 1.54) is 17.3 Å². The van der Waals surface area contributed by atoms with Gasteiger partial charge in [0, 0.05) is 12.6 Å². The third kappa shape index (κ3) is 1.66. The molecule has 1 unspecified atom stereocenters. The Kier molecular flexibility index (Phi) is 2.84. The number of imide groups is 1. The van der Waals surface area contributed by atoms with Crippen molar-refractivity contribution in [1.29, 1.82) is 0 Å². The molecule has 2 rings (SSSR count). The van der Waals surface area contributed by atoms with Gasteiger partial charge in [0.15, 0.2) is 0 Å². The van der Waals surface area contributed by atoms with Crippen LogP contribution in [0.2, 0.25) is 0 Å². The summed E-state index contributed by atoms with van der Waals surface area (Å²) >= 11 is 0. The summed E-state index contributed by atoms with van der Waals surface area (Å²) < 4.78 is 0. The first-order chi connectivity index (χ1) is 8.38. The maximum atomic E-state index is 12.5. The first kappa shape index (κ1) is 12.5. The summed E-state index contributed by atoms with van der Waals surface area (Å²) in [5.74, 6) is -0.281. The molecular formula is C13H17N3O2. The summed E-state index contributed by atoms with van der Waals surface area (Å²) in [6.07, 6.45) is 3.20. The zero-order valence-corrected chi connectivity index (χ0v) is 10.8. The van der Waals surface area contributed by atoms with Crippen molar-refractivity contribution in [2.45, 2.75) is 27.2 Å². The highest BCUT2D eigenvalue weighted by atomic mass is 16.2. The van der Waals surface area contributed by atoms with Crippen LogP contribution in [0.4, 0.5) is 11.4 Å². The third-order valence-electron chi connectivity index (χ3n) is 3.80. The van der Waals surface area contributed by atoms with Gasteiger partial charge < -0.3 is 5.73 Å². The number of amides is 2. The summed E-state index contributed by atoms with van der Waals surface area (Å²) in [6, 6.07) is 1.59. The first-order valence-electron chi connectivity index (χ1n) is 5.95. The predicted octanol–water partition coefficient (Wildman–Crippen LogP) is 1.59. The second kappa shape index (κ2) is 4.08. The van der Waals surface area contributed by atoms with Crippen molar-refractivity contribution in [3.8, 4) is 0 Å². The Labute approximate surface area is 106 Å². The molecule has 1 saturated heterocycles. The molecule has 1 aromatic rings. The zero-order chi connectivity index (χ0) is 13.5. The van der Waals surface area contributed by atoms with Gasteiger partial charge in [-0.05, 0) is 18.9 Å². The van der Waals surface area contributed by atoms with E-state index in [-0.39, 0.29) is 24.2 Å². The SMILES string of the molecule is CC(C)C1(C)CC(=O)N(c2ccncc2N)C1=O. The number of pyridine rings is 1. The molecule has 0 saturated carbocycles. The van der Waals surface area contributed by atoms with Crippen molar-refractivity contribution in [3.63, 3.8) is 0 Å². The number of carbonyl (C=O) groups is 2. The maximum Gasteiger partial charge on any atom is 0.240 e. The van der Waals surface area contributed by atoms with Crippen LogP contribution >= 0.6 is 0 Å². The van der Waals surface area contributed by atoms with Crippen LogP contribution in [-0.2, 0) is 9.59 Å². The highest BCUT2D eigenvalue weighted by molar-refractivity contribution is 6.23. The van der Waals surface area contributed by atoms with E-state index in [4.69, 9.17) is 5.73 Å². The Hall–Kier alpha value is -1.91. The van der Waals surface area contributed by atoms with Crippen LogP contribution in [0, 0.1) is 11.3 Å². The third-order valence-corrected chi connectivity index (χ3v) is 3.80. The molecule has 1 fully saturated rings. The molecule has 0 aliphatic carbocycles. The van der Waals surface area contributed by atoms with E-state index < -0.39 is 5.41 Å². The van der Waals surface area contributed by atoms with E-state index >= 15 is 0 Å². The van der Waals surface area contributed by atoms with Gasteiger partial charge in [-0.15, -0.1) is 0 Å². The van der Waals surface area contributed by atoms with Crippen LogP contribution < -0.4 is 10.6 Å². The Morgan fingerprint density at radius 2 is 2.11 bits per heavy atom. The Morgan fingerprint density at radius 3 is 2.61 bits per heavy atom. The molecule has 5 nitrogen and oxygen atoms in total. The molecule has 0 aromatic carbocycles. The summed E-state index contributed by atoms with van der Waals surface area (Å²) in [5.41, 5.74) is 5.91. The van der Waals surface area contributed by atoms with Crippen LogP contribution in [0.1, 0.15) is 27.2 Å². The lowest BCUT2D eigenvalue weighted by molar-refractivity contribution is -0.126. The van der Waals surface area contributed by atoms with E-state index in [0.717, 1.165) is 0 Å². The fraction of sp³-hybridized carbons (Fsp3) is 0.462. The highest BCUT2D eigenvalue weighted by Gasteiger charge is 2.50. The minimum Gasteiger partial charge on any atom is -0.396 e. The van der Waals surface area contributed by atoms with Gasteiger partial charge in [-0.1, -0.05) is 13.8 Å². The van der Waals surface area contributed by atoms with Crippen LogP contribution in [-0.4, -0.2) is 16.8 Å². The number of hydrogen-bond acceptors (Lipinski definition) is 4. The van der Waals surface area contributed by atoms with Gasteiger partial charge in [0.05, 0.1) is 23.0 Å². The van der Waals surface area contributed by atoms with Crippen LogP contribution in [0.5, 0.6) is 0 Å². The predicted molar refractivity (Wildman–Crippen MR) is 68.7 cm³/mol. The summed E-state index contributed by atoms with van der Waals surface area (Å²) in [5, 5.41) is 0. The lowest BCUT2D eigenvalue weighted by Gasteiger charge is -2.26. The maximum absolute atomic E-state index is 12.5. The second-order valence-electron chi connectivity index (χ2n) is 5.22. The molecule has 1 atom stereocenters. The van der Waals surface area contributed by atoms with Crippen molar-refractivity contribution >= 4 is 23.2 Å². The summed E-state index contributed by atoms with van der Waals surface area (Å²) in [6.45, 7) is 5.73. The van der Waals surface area contributed by atoms with Crippen molar-refractivity contribution in [3.05, 3.63) is 18.5 Å². The molecule has 5 heteroatoms. The monoisotopic (exact) mass is 247 g/mol. The lowest BCUT2D eigenvalue weighted by Crippen LogP contribution is -2.37. The first-order valence-corrected chi connectivity index (χ1v) is 5.95. The quantitative estimate of drug-likeness (QED) is 0.805. The van der Waals surface area contributed by atoms with Crippen LogP contribution in [0.3, 0.4) is 0 Å². The Bertz CT molecular complexity index is 513. The molecule has 2 heterocycles. The van der Waals surface area contributed by atoms with Crippen LogP contribution in [0.15, 0.2) is 18.5 Å². The number of nitrogens with zero attached hydrogens (tertiary/aromatic N) is 2. The van der Waals surface area contributed by atoms with E-state index in [1.54, 1.807) is 6.07 Å². The number of carbonyl (C=O) groups excluding carboxylic acids is 2. The van der Waals surface area contributed by atoms with Gasteiger partial charge in [-0.3, -0.25) is 14.6 Å². The van der Waals surface area contributed by atoms with Crippen molar-refractivity contribution < 1.29 is 9.59 Å². The largest absolute Gasteiger partial charge is 0.396 e. The number of aromatic nitrogens is 1. The second-order valence-corrected chi connectivity index (χ2v) is 5.22. The average molecular weight is 247 g/mol. The van der Waals surface area contributed by atoms with E-state index in [0.29, 0.717) is 11.4 Å². The summed E-state index contributed by atoms with van der Waals surface area (Å²) in [7, 11) is 0. The Balaban J connectivity index is 2.46. The molecule has 0 spiro atoms. The van der Waals surface area contributed by atoms with Gasteiger partial charge in [0.25, 0.3) is 0 Å². The summed E-state index contributed by atoms with van der Waals surface area (Å²) in [4.78, 5) is 29.6. The van der Waals surface area contributed by atoms with Crippen LogP contribution in [0.25, 0.3) is 0 Å². The van der Waals surface area contributed by atoms with Gasteiger partial charge in [-0.25, -0.2) is 4.90 Å². The standard InChI is InChI=1S/C13H17N3O2/c1-8(2)13(3)6-11(17)16(12(13)18)10-4-5-15-7-9(10)14/h4-5,7-8H,6,14H2,1-3H3. The number of nitrogen functional groups attached to an aromatic ring is 1. The van der Waals surface area contributed by atoms with Crippen molar-refractivity contribution in [1.82, 2.24) is 4.98 Å². The molecule has 1 aromatic heterocycles. The van der Waals surface area contributed by atoms with E-state index in [1.807, 2.05) is 20.8 Å². The van der Waals surface area contributed by atoms with Gasteiger partial charge in [-0.2, -0.15) is 0 Å². The van der Waals surface area contributed by atoms with Gasteiger partial charge in [0.2, 0.25) is 11.8 Å². The normalized spacial score (nSPS) is 24.1. The molecule has 1 aliphatic rings. The topological polar surface area (TPSA) is 76.3 Å². The number of rotatable bonds is 2. The molecule has 18 heavy (non-hydrogen) atoms. The van der Waals surface area contributed by atoms with Gasteiger partial charge in [0.1, 0.15) is 0 Å². The number of nitrogens with two attached hydrogens (primary N) is 1. The molecule has 0 bridgehead atoms. The molecule has 96 valence electrons. The van der Waals surface area contributed by atoms with Gasteiger partial charge >= 0.3 is 0 Å². The zero-order valence-electron chi connectivity index (χ0n) is 10.8. The Morgan fingerprint density at radius 1 is 1.44 bits per heavy atom. The average Bonchev–Trinajstić information content (AvgIpc) is 2.53. The molecule has 2 N–H and O–H groups in total. The lowest BCUT2D eigenvalue weighted by atomic mass is 9.78. The minimum absolute atomic E-state index is 0.0991. The number of hydrogen-bond donors (Lipinski definition) is 1. The van der Waals surface area contributed by atoms with E-state index in [2.05, 4.69) is 4.98 Å². The molecule has 2 amide bonds. The van der Waals surface area contributed by atoms with Crippen molar-refractivity contribution in [2.24, 2.45) is 11.3 Å². The number of anilines is 2. The highest BCUT2D eigenvalue weighted by Crippen LogP contribution is 2.42. The fourth-order valence-corrected chi connectivity index (χ4v) is 2.14. The molecule has 1 aliphatic heterocycles. The molecular weight excluding hydrogens is 230 g/mol. The minimum atomic E-state index is -0.646. The van der Waals surface area contributed by atoms with E-state index in [9.17, 15) is 9.59 Å².